The first-order valence-electron chi connectivity index (χ1n) is 21.4. The van der Waals surface area contributed by atoms with Gasteiger partial charge in [-0.15, -0.1) is 0 Å². The molecule has 0 radical (unpaired) electrons. The highest BCUT2D eigenvalue weighted by molar-refractivity contribution is 5.98. The largest absolute Gasteiger partial charge is 0.458 e. The molecule has 0 unspecified atom stereocenters. The molecule has 3 N–H and O–H groups in total. The Morgan fingerprint density at radius 2 is 1.52 bits per heavy atom. The SMILES string of the molecule is C[C@@H]1C[C@H]2C(=O)O[C@@H](C)[C@H](NC(=O)[C@H](Cc3cc(F)cc(F)c3)NC(=O)Cc3ccc4c(c3)CCN4C)C(=O)N3CCC[C@H]3C(=O)N3CCCC[C@H]3C(=O)N[C@@H](C)C(=O)N2C1. The van der Waals surface area contributed by atoms with Crippen LogP contribution < -0.4 is 20.9 Å². The van der Waals surface area contributed by atoms with Crippen molar-refractivity contribution in [3.63, 3.8) is 0 Å². The first-order valence-corrected chi connectivity index (χ1v) is 21.4. The summed E-state index contributed by atoms with van der Waals surface area (Å²) in [4.78, 5) is 105. The number of hydrogen-bond donors (Lipinski definition) is 3. The Labute approximate surface area is 353 Å². The molecular formula is C44H55F2N7O8. The lowest BCUT2D eigenvalue weighted by atomic mass is 9.99. The standard InChI is InChI=1S/C44H55F2N7O8/c1-24-16-36-44(60)61-26(3)38(43(59)52-14-7-9-35(52)42(58)51-13-6-5-8-34(51)40(56)47-25(2)41(57)53(36)23-24)49-39(55)32(20-28-18-30(45)22-31(46)19-28)48-37(54)21-27-10-11-33-29(17-27)12-15-50(33)4/h10-11,17-19,22,24-26,32,34-36,38H,5-9,12-16,20-21,23H2,1-4H3,(H,47,56)(H,48,54)(H,49,55)/t24-,25+,26+,32+,34+,35+,36+,38+/m1/s1. The van der Waals surface area contributed by atoms with Gasteiger partial charge in [-0.1, -0.05) is 19.1 Å². The number of carbonyl (C=O) groups excluding carboxylic acids is 7. The molecule has 7 rings (SSSR count). The number of ether oxygens (including phenoxy) is 1. The third-order valence-electron chi connectivity index (χ3n) is 12.7. The molecule has 15 nitrogen and oxygen atoms in total. The quantitative estimate of drug-likeness (QED) is 0.351. The molecule has 17 heteroatoms. The van der Waals surface area contributed by atoms with Crippen molar-refractivity contribution < 1.29 is 47.1 Å². The number of nitrogens with one attached hydrogen (secondary N) is 3. The van der Waals surface area contributed by atoms with Crippen LogP contribution in [-0.4, -0.2) is 132 Å². The third-order valence-corrected chi connectivity index (χ3v) is 12.7. The normalized spacial score (nSPS) is 27.8. The van der Waals surface area contributed by atoms with E-state index >= 15 is 0 Å². The van der Waals surface area contributed by atoms with Gasteiger partial charge in [-0.3, -0.25) is 28.8 Å². The molecule has 4 fully saturated rings. The number of benzene rings is 2. The summed E-state index contributed by atoms with van der Waals surface area (Å²) in [6.45, 7) is 6.27. The minimum absolute atomic E-state index is 0.0574. The number of rotatable bonds is 7. The van der Waals surface area contributed by atoms with E-state index in [2.05, 4.69) is 20.9 Å². The lowest BCUT2D eigenvalue weighted by Crippen LogP contribution is -2.63. The predicted molar refractivity (Wildman–Crippen MR) is 218 cm³/mol. The minimum atomic E-state index is -1.60. The van der Waals surface area contributed by atoms with E-state index in [9.17, 15) is 42.3 Å². The van der Waals surface area contributed by atoms with Crippen LogP contribution in [0.5, 0.6) is 0 Å². The summed E-state index contributed by atoms with van der Waals surface area (Å²) in [6, 6.07) is 1.42. The summed E-state index contributed by atoms with van der Waals surface area (Å²) < 4.78 is 34.8. The molecule has 328 valence electrons. The Balaban J connectivity index is 1.20. The Morgan fingerprint density at radius 3 is 2.28 bits per heavy atom. The summed E-state index contributed by atoms with van der Waals surface area (Å²) in [5.41, 5.74) is 2.88. The third kappa shape index (κ3) is 9.49. The Kier molecular flexibility index (Phi) is 12.9. The summed E-state index contributed by atoms with van der Waals surface area (Å²) >= 11 is 0. The molecular weight excluding hydrogens is 793 g/mol. The highest BCUT2D eigenvalue weighted by atomic mass is 19.1. The lowest BCUT2D eigenvalue weighted by Gasteiger charge is -2.39. The van der Waals surface area contributed by atoms with Gasteiger partial charge in [0.25, 0.3) is 0 Å². The van der Waals surface area contributed by atoms with Crippen molar-refractivity contribution in [1.82, 2.24) is 30.7 Å². The van der Waals surface area contributed by atoms with Crippen LogP contribution in [0.1, 0.15) is 76.0 Å². The van der Waals surface area contributed by atoms with E-state index in [1.807, 2.05) is 32.2 Å². The molecule has 2 aromatic carbocycles. The zero-order valence-corrected chi connectivity index (χ0v) is 35.1. The van der Waals surface area contributed by atoms with E-state index in [1.54, 1.807) is 0 Å². The molecule has 5 heterocycles. The van der Waals surface area contributed by atoms with Crippen LogP contribution >= 0.6 is 0 Å². The average Bonchev–Trinajstić information content (AvgIpc) is 3.96. The van der Waals surface area contributed by atoms with Gasteiger partial charge >= 0.3 is 5.97 Å². The molecule has 61 heavy (non-hydrogen) atoms. The van der Waals surface area contributed by atoms with Gasteiger partial charge in [-0.05, 0) is 99.6 Å². The van der Waals surface area contributed by atoms with Gasteiger partial charge in [0.15, 0.2) is 0 Å². The molecule has 5 aliphatic heterocycles. The van der Waals surface area contributed by atoms with Gasteiger partial charge in [0.2, 0.25) is 35.4 Å². The number of cyclic esters (lactones) is 1. The maximum Gasteiger partial charge on any atom is 0.329 e. The number of carbonyl (C=O) groups is 7. The van der Waals surface area contributed by atoms with Crippen molar-refractivity contribution in [3.8, 4) is 0 Å². The smallest absolute Gasteiger partial charge is 0.329 e. The minimum Gasteiger partial charge on any atom is -0.458 e. The molecule has 5 aliphatic rings. The second-order valence-electron chi connectivity index (χ2n) is 17.4. The zero-order chi connectivity index (χ0) is 43.7. The monoisotopic (exact) mass is 847 g/mol. The number of esters is 1. The molecule has 0 spiro atoms. The number of halogens is 2. The van der Waals surface area contributed by atoms with Crippen molar-refractivity contribution in [3.05, 3.63) is 64.7 Å². The predicted octanol–water partition coefficient (Wildman–Crippen LogP) is 1.77. The Morgan fingerprint density at radius 1 is 0.820 bits per heavy atom. The summed E-state index contributed by atoms with van der Waals surface area (Å²) in [5.74, 6) is -6.37. The van der Waals surface area contributed by atoms with Gasteiger partial charge in [-0.2, -0.15) is 0 Å². The first-order chi connectivity index (χ1) is 29.1. The number of anilines is 1. The fraction of sp³-hybridized carbons (Fsp3) is 0.568. The summed E-state index contributed by atoms with van der Waals surface area (Å²) in [6.07, 6.45) is 1.60. The van der Waals surface area contributed by atoms with Crippen LogP contribution in [0.15, 0.2) is 36.4 Å². The molecule has 0 aromatic heterocycles. The van der Waals surface area contributed by atoms with E-state index in [4.69, 9.17) is 4.74 Å². The van der Waals surface area contributed by atoms with Crippen LogP contribution in [0.2, 0.25) is 0 Å². The zero-order valence-electron chi connectivity index (χ0n) is 35.1. The van der Waals surface area contributed by atoms with E-state index < -0.39 is 95.4 Å². The maximum atomic E-state index is 14.8. The van der Waals surface area contributed by atoms with E-state index in [0.717, 1.165) is 36.3 Å². The number of likely N-dealkylation sites (N-methyl/N-ethyl adjacent to an activating group) is 1. The van der Waals surface area contributed by atoms with Crippen molar-refractivity contribution >= 4 is 47.1 Å². The van der Waals surface area contributed by atoms with Crippen molar-refractivity contribution in [2.45, 2.75) is 121 Å². The number of hydrogen-bond acceptors (Lipinski definition) is 9. The highest BCUT2D eigenvalue weighted by Crippen LogP contribution is 2.30. The van der Waals surface area contributed by atoms with Gasteiger partial charge in [0, 0.05) is 51.4 Å². The second kappa shape index (κ2) is 18.2. The van der Waals surface area contributed by atoms with Gasteiger partial charge in [-0.25, -0.2) is 13.6 Å². The molecule has 6 amide bonds. The molecule has 0 aliphatic carbocycles. The van der Waals surface area contributed by atoms with Crippen LogP contribution in [0.3, 0.4) is 0 Å². The van der Waals surface area contributed by atoms with Gasteiger partial charge < -0.3 is 40.3 Å². The fourth-order valence-electron chi connectivity index (χ4n) is 9.56. The maximum absolute atomic E-state index is 14.8. The molecule has 0 saturated carbocycles. The summed E-state index contributed by atoms with van der Waals surface area (Å²) in [5, 5.41) is 8.17. The highest BCUT2D eigenvalue weighted by Gasteiger charge is 2.47. The number of fused-ring (bicyclic) bond motifs is 4. The Bertz CT molecular complexity index is 2070. The average molecular weight is 848 g/mol. The molecule has 4 saturated heterocycles. The van der Waals surface area contributed by atoms with Gasteiger partial charge in [0.05, 0.1) is 6.42 Å². The fourth-order valence-corrected chi connectivity index (χ4v) is 9.56. The number of piperidine rings is 1. The first kappa shape index (κ1) is 43.5. The topological polar surface area (TPSA) is 178 Å². The molecule has 8 atom stereocenters. The van der Waals surface area contributed by atoms with Crippen molar-refractivity contribution in [2.24, 2.45) is 5.92 Å². The van der Waals surface area contributed by atoms with E-state index in [1.165, 1.54) is 28.5 Å². The molecule has 2 aromatic rings. The van der Waals surface area contributed by atoms with Crippen LogP contribution in [0.25, 0.3) is 0 Å². The Hall–Kier alpha value is -5.61. The number of amides is 6. The van der Waals surface area contributed by atoms with Crippen LogP contribution in [-0.2, 0) is 57.6 Å². The van der Waals surface area contributed by atoms with Crippen LogP contribution in [0.4, 0.5) is 14.5 Å². The van der Waals surface area contributed by atoms with Gasteiger partial charge in [0.1, 0.15) is 54.0 Å². The second-order valence-corrected chi connectivity index (χ2v) is 17.4. The van der Waals surface area contributed by atoms with E-state index in [-0.39, 0.29) is 56.8 Å². The molecule has 0 bridgehead atoms. The lowest BCUT2D eigenvalue weighted by molar-refractivity contribution is -0.163. The van der Waals surface area contributed by atoms with Crippen LogP contribution in [0, 0.1) is 17.6 Å². The van der Waals surface area contributed by atoms with Crippen molar-refractivity contribution in [1.29, 1.82) is 0 Å². The van der Waals surface area contributed by atoms with Crippen molar-refractivity contribution in [2.75, 3.05) is 38.1 Å². The number of nitrogens with zero attached hydrogens (tertiary/aromatic N) is 4. The van der Waals surface area contributed by atoms with E-state index in [0.29, 0.717) is 37.3 Å². The summed E-state index contributed by atoms with van der Waals surface area (Å²) in [7, 11) is 1.98.